The van der Waals surface area contributed by atoms with Crippen molar-refractivity contribution in [3.05, 3.63) is 12.2 Å². The van der Waals surface area contributed by atoms with E-state index in [1.54, 1.807) is 0 Å². The fourth-order valence-corrected chi connectivity index (χ4v) is 0.737. The van der Waals surface area contributed by atoms with Crippen LogP contribution < -0.4 is 10.6 Å². The van der Waals surface area contributed by atoms with Gasteiger partial charge >= 0.3 is 6.03 Å². The summed E-state index contributed by atoms with van der Waals surface area (Å²) in [5, 5.41) is 5.49. The SMILES string of the molecule is C/C=C/CCNC(=O)NCCC. The number of rotatable bonds is 5. The van der Waals surface area contributed by atoms with Crippen molar-refractivity contribution in [3.63, 3.8) is 0 Å². The van der Waals surface area contributed by atoms with Gasteiger partial charge in [0.1, 0.15) is 0 Å². The Morgan fingerprint density at radius 3 is 2.58 bits per heavy atom. The lowest BCUT2D eigenvalue weighted by Crippen LogP contribution is -2.36. The molecule has 0 aliphatic carbocycles. The second-order valence-corrected chi connectivity index (χ2v) is 2.54. The molecule has 0 bridgehead atoms. The average molecular weight is 170 g/mol. The van der Waals surface area contributed by atoms with Gasteiger partial charge < -0.3 is 10.6 Å². The molecular weight excluding hydrogens is 152 g/mol. The van der Waals surface area contributed by atoms with Gasteiger partial charge in [-0.05, 0) is 19.8 Å². The molecule has 0 spiro atoms. The van der Waals surface area contributed by atoms with Crippen molar-refractivity contribution in [2.24, 2.45) is 0 Å². The predicted octanol–water partition coefficient (Wildman–Crippen LogP) is 1.66. The molecule has 0 fully saturated rings. The molecule has 12 heavy (non-hydrogen) atoms. The number of allylic oxidation sites excluding steroid dienone is 1. The highest BCUT2D eigenvalue weighted by Gasteiger charge is 1.94. The lowest BCUT2D eigenvalue weighted by molar-refractivity contribution is 0.241. The van der Waals surface area contributed by atoms with Gasteiger partial charge in [0, 0.05) is 13.1 Å². The first-order chi connectivity index (χ1) is 5.81. The smallest absolute Gasteiger partial charge is 0.314 e. The minimum atomic E-state index is -0.0682. The topological polar surface area (TPSA) is 41.1 Å². The second kappa shape index (κ2) is 8.11. The van der Waals surface area contributed by atoms with Crippen molar-refractivity contribution >= 4 is 6.03 Å². The summed E-state index contributed by atoms with van der Waals surface area (Å²) in [5.41, 5.74) is 0. The molecule has 2 amide bonds. The molecule has 0 saturated carbocycles. The Kier molecular flexibility index (Phi) is 7.44. The molecule has 0 saturated heterocycles. The molecule has 0 aromatic heterocycles. The standard InChI is InChI=1S/C9H18N2O/c1-3-5-6-8-11-9(12)10-7-4-2/h3,5H,4,6-8H2,1-2H3,(H2,10,11,12)/b5-3+. The molecule has 0 atom stereocenters. The van der Waals surface area contributed by atoms with Crippen LogP contribution in [0.25, 0.3) is 0 Å². The Morgan fingerprint density at radius 1 is 1.33 bits per heavy atom. The summed E-state index contributed by atoms with van der Waals surface area (Å²) in [6.07, 6.45) is 5.88. The largest absolute Gasteiger partial charge is 0.338 e. The number of hydrogen-bond acceptors (Lipinski definition) is 1. The predicted molar refractivity (Wildman–Crippen MR) is 51.1 cm³/mol. The van der Waals surface area contributed by atoms with E-state index >= 15 is 0 Å². The third-order valence-electron chi connectivity index (χ3n) is 1.37. The number of amides is 2. The zero-order valence-electron chi connectivity index (χ0n) is 7.89. The summed E-state index contributed by atoms with van der Waals surface area (Å²) >= 11 is 0. The maximum absolute atomic E-state index is 10.9. The molecule has 0 unspecified atom stereocenters. The Labute approximate surface area is 74.2 Å². The highest BCUT2D eigenvalue weighted by atomic mass is 16.2. The van der Waals surface area contributed by atoms with Crippen molar-refractivity contribution in [1.29, 1.82) is 0 Å². The van der Waals surface area contributed by atoms with Gasteiger partial charge in [-0.25, -0.2) is 4.79 Å². The minimum absolute atomic E-state index is 0.0682. The van der Waals surface area contributed by atoms with Crippen LogP contribution in [0.5, 0.6) is 0 Å². The highest BCUT2D eigenvalue weighted by Crippen LogP contribution is 1.79. The van der Waals surface area contributed by atoms with Crippen molar-refractivity contribution in [2.45, 2.75) is 26.7 Å². The summed E-state index contributed by atoms with van der Waals surface area (Å²) in [5.74, 6) is 0. The monoisotopic (exact) mass is 170 g/mol. The van der Waals surface area contributed by atoms with Crippen LogP contribution in [-0.2, 0) is 0 Å². The van der Waals surface area contributed by atoms with E-state index in [4.69, 9.17) is 0 Å². The van der Waals surface area contributed by atoms with Gasteiger partial charge in [-0.2, -0.15) is 0 Å². The Morgan fingerprint density at radius 2 is 2.00 bits per heavy atom. The van der Waals surface area contributed by atoms with E-state index in [0.29, 0.717) is 6.54 Å². The van der Waals surface area contributed by atoms with Gasteiger partial charge in [-0.1, -0.05) is 19.1 Å². The molecule has 0 rings (SSSR count). The summed E-state index contributed by atoms with van der Waals surface area (Å²) in [6, 6.07) is -0.0682. The van der Waals surface area contributed by atoms with E-state index in [1.165, 1.54) is 0 Å². The van der Waals surface area contributed by atoms with Gasteiger partial charge in [-0.15, -0.1) is 0 Å². The first kappa shape index (κ1) is 11.0. The van der Waals surface area contributed by atoms with Crippen LogP contribution in [0.2, 0.25) is 0 Å². The average Bonchev–Trinajstić information content (AvgIpc) is 2.09. The molecule has 2 N–H and O–H groups in total. The zero-order chi connectivity index (χ0) is 9.23. The van der Waals surface area contributed by atoms with Crippen LogP contribution in [0, 0.1) is 0 Å². The molecule has 70 valence electrons. The second-order valence-electron chi connectivity index (χ2n) is 2.54. The van der Waals surface area contributed by atoms with Crippen molar-refractivity contribution in [3.8, 4) is 0 Å². The fraction of sp³-hybridized carbons (Fsp3) is 0.667. The van der Waals surface area contributed by atoms with E-state index in [1.807, 2.05) is 26.0 Å². The van der Waals surface area contributed by atoms with Crippen LogP contribution in [0.15, 0.2) is 12.2 Å². The maximum atomic E-state index is 10.9. The van der Waals surface area contributed by atoms with Gasteiger partial charge in [0.2, 0.25) is 0 Å². The van der Waals surface area contributed by atoms with Gasteiger partial charge in [0.15, 0.2) is 0 Å². The van der Waals surface area contributed by atoms with Gasteiger partial charge in [-0.3, -0.25) is 0 Å². The van der Waals surface area contributed by atoms with Crippen LogP contribution in [0.4, 0.5) is 4.79 Å². The van der Waals surface area contributed by atoms with Crippen LogP contribution >= 0.6 is 0 Å². The third-order valence-corrected chi connectivity index (χ3v) is 1.37. The third kappa shape index (κ3) is 7.12. The van der Waals surface area contributed by atoms with Crippen molar-refractivity contribution in [2.75, 3.05) is 13.1 Å². The maximum Gasteiger partial charge on any atom is 0.314 e. The van der Waals surface area contributed by atoms with Gasteiger partial charge in [0.05, 0.1) is 0 Å². The van der Waals surface area contributed by atoms with Gasteiger partial charge in [0.25, 0.3) is 0 Å². The first-order valence-electron chi connectivity index (χ1n) is 4.44. The first-order valence-corrected chi connectivity index (χ1v) is 4.44. The van der Waals surface area contributed by atoms with E-state index < -0.39 is 0 Å². The molecule has 0 aliphatic heterocycles. The molecule has 0 aromatic rings. The Balaban J connectivity index is 3.19. The number of nitrogens with one attached hydrogen (secondary N) is 2. The fourth-order valence-electron chi connectivity index (χ4n) is 0.737. The molecular formula is C9H18N2O. The molecule has 0 aliphatic rings. The number of hydrogen-bond donors (Lipinski definition) is 2. The Bertz CT molecular complexity index is 143. The molecule has 3 heteroatoms. The summed E-state index contributed by atoms with van der Waals surface area (Å²) in [6.45, 7) is 5.45. The minimum Gasteiger partial charge on any atom is -0.338 e. The van der Waals surface area contributed by atoms with Crippen LogP contribution in [0.1, 0.15) is 26.7 Å². The lowest BCUT2D eigenvalue weighted by atomic mass is 10.4. The summed E-state index contributed by atoms with van der Waals surface area (Å²) in [7, 11) is 0. The van der Waals surface area contributed by atoms with Crippen LogP contribution in [-0.4, -0.2) is 19.1 Å². The molecule has 0 radical (unpaired) electrons. The Hall–Kier alpha value is -0.990. The van der Waals surface area contributed by atoms with Crippen molar-refractivity contribution < 1.29 is 4.79 Å². The molecule has 0 heterocycles. The highest BCUT2D eigenvalue weighted by molar-refractivity contribution is 5.73. The number of urea groups is 1. The quantitative estimate of drug-likeness (QED) is 0.478. The zero-order valence-corrected chi connectivity index (χ0v) is 7.89. The van der Waals surface area contributed by atoms with E-state index in [-0.39, 0.29) is 6.03 Å². The van der Waals surface area contributed by atoms with E-state index in [0.717, 1.165) is 19.4 Å². The summed E-state index contributed by atoms with van der Waals surface area (Å²) in [4.78, 5) is 10.9. The normalized spacial score (nSPS) is 10.2. The number of carbonyl (C=O) groups is 1. The molecule has 0 aromatic carbocycles. The van der Waals surface area contributed by atoms with Crippen molar-refractivity contribution in [1.82, 2.24) is 10.6 Å². The summed E-state index contributed by atoms with van der Waals surface area (Å²) < 4.78 is 0. The number of carbonyl (C=O) groups excluding carboxylic acids is 1. The lowest BCUT2D eigenvalue weighted by Gasteiger charge is -2.04. The van der Waals surface area contributed by atoms with E-state index in [9.17, 15) is 4.79 Å². The molecule has 3 nitrogen and oxygen atoms in total. The van der Waals surface area contributed by atoms with Crippen LogP contribution in [0.3, 0.4) is 0 Å². The van der Waals surface area contributed by atoms with E-state index in [2.05, 4.69) is 10.6 Å².